The molecule has 0 aliphatic carbocycles. The van der Waals surface area contributed by atoms with Gasteiger partial charge in [0.1, 0.15) is 12.4 Å². The van der Waals surface area contributed by atoms with Gasteiger partial charge in [-0.05, 0) is 35.4 Å². The number of aromatic nitrogens is 2. The highest BCUT2D eigenvalue weighted by atomic mass is 19.1. The van der Waals surface area contributed by atoms with Gasteiger partial charge in [0.15, 0.2) is 5.82 Å². The van der Waals surface area contributed by atoms with E-state index >= 15 is 0 Å². The molecule has 0 spiro atoms. The van der Waals surface area contributed by atoms with Gasteiger partial charge in [0, 0.05) is 5.39 Å². The number of nitrogens with zero attached hydrogens (tertiary/aromatic N) is 1. The number of halogens is 1. The van der Waals surface area contributed by atoms with Crippen LogP contribution in [-0.2, 0) is 4.79 Å². The first kappa shape index (κ1) is 15.5. The van der Waals surface area contributed by atoms with Crippen molar-refractivity contribution in [3.63, 3.8) is 0 Å². The van der Waals surface area contributed by atoms with E-state index in [-0.39, 0.29) is 11.6 Å². The zero-order valence-electron chi connectivity index (χ0n) is 12.3. The Hall–Kier alpha value is -3.42. The van der Waals surface area contributed by atoms with Crippen LogP contribution in [0.1, 0.15) is 0 Å². The van der Waals surface area contributed by atoms with Crippen LogP contribution in [0.2, 0.25) is 0 Å². The summed E-state index contributed by atoms with van der Waals surface area (Å²) in [6.45, 7) is -0.488. The van der Waals surface area contributed by atoms with Gasteiger partial charge >= 0.3 is 12.0 Å². The van der Waals surface area contributed by atoms with Crippen molar-refractivity contribution in [1.29, 1.82) is 0 Å². The maximum atomic E-state index is 13.3. The smallest absolute Gasteiger partial charge is 0.323 e. The summed E-state index contributed by atoms with van der Waals surface area (Å²) < 4.78 is 13.3. The van der Waals surface area contributed by atoms with Crippen LogP contribution in [0.4, 0.5) is 15.0 Å². The summed E-state index contributed by atoms with van der Waals surface area (Å²) in [7, 11) is 0. The molecule has 0 atom stereocenters. The SMILES string of the molecule is O=C(O)CNC(=O)Nc1n[nH]c2cc(-c3cccc(F)c3)ccc12. The first-order valence-electron chi connectivity index (χ1n) is 7.03. The van der Waals surface area contributed by atoms with E-state index in [9.17, 15) is 14.0 Å². The second kappa shape index (κ2) is 6.37. The van der Waals surface area contributed by atoms with E-state index in [1.54, 1.807) is 30.3 Å². The monoisotopic (exact) mass is 328 g/mol. The third-order valence-corrected chi connectivity index (χ3v) is 3.35. The minimum Gasteiger partial charge on any atom is -0.480 e. The molecule has 0 fully saturated rings. The van der Waals surface area contributed by atoms with Crippen LogP contribution in [-0.4, -0.2) is 33.8 Å². The molecule has 3 aromatic rings. The van der Waals surface area contributed by atoms with Crippen LogP contribution < -0.4 is 10.6 Å². The molecule has 0 aliphatic heterocycles. The molecule has 122 valence electrons. The Balaban J connectivity index is 1.83. The second-order valence-electron chi connectivity index (χ2n) is 5.04. The standard InChI is InChI=1S/C16H13FN4O3/c17-11-3-1-2-9(6-11)10-4-5-12-13(7-10)20-21-15(12)19-16(24)18-8-14(22)23/h1-7H,8H2,(H,22,23)(H3,18,19,20,21,24). The molecule has 24 heavy (non-hydrogen) atoms. The lowest BCUT2D eigenvalue weighted by molar-refractivity contribution is -0.135. The average Bonchev–Trinajstić information content (AvgIpc) is 2.95. The number of aliphatic carboxylic acids is 1. The van der Waals surface area contributed by atoms with Gasteiger partial charge in [-0.15, -0.1) is 0 Å². The molecule has 1 aromatic heterocycles. The zero-order chi connectivity index (χ0) is 17.1. The number of carboxylic acids is 1. The van der Waals surface area contributed by atoms with E-state index in [1.165, 1.54) is 12.1 Å². The molecular weight excluding hydrogens is 315 g/mol. The topological polar surface area (TPSA) is 107 Å². The molecule has 0 saturated heterocycles. The number of hydrogen-bond acceptors (Lipinski definition) is 3. The van der Waals surface area contributed by atoms with Gasteiger partial charge in [-0.1, -0.05) is 18.2 Å². The third-order valence-electron chi connectivity index (χ3n) is 3.35. The minimum absolute atomic E-state index is 0.277. The second-order valence-corrected chi connectivity index (χ2v) is 5.04. The molecule has 2 aromatic carbocycles. The van der Waals surface area contributed by atoms with Gasteiger partial charge in [0.05, 0.1) is 5.52 Å². The number of amides is 2. The molecule has 4 N–H and O–H groups in total. The van der Waals surface area contributed by atoms with Crippen molar-refractivity contribution in [2.75, 3.05) is 11.9 Å². The van der Waals surface area contributed by atoms with Crippen molar-refractivity contribution < 1.29 is 19.1 Å². The maximum absolute atomic E-state index is 13.3. The molecular formula is C16H13FN4O3. The lowest BCUT2D eigenvalue weighted by atomic mass is 10.0. The van der Waals surface area contributed by atoms with E-state index in [0.29, 0.717) is 10.9 Å². The number of urea groups is 1. The number of nitrogens with one attached hydrogen (secondary N) is 3. The van der Waals surface area contributed by atoms with Crippen molar-refractivity contribution in [2.45, 2.75) is 0 Å². The lowest BCUT2D eigenvalue weighted by Gasteiger charge is -2.04. The summed E-state index contributed by atoms with van der Waals surface area (Å²) in [6, 6.07) is 10.9. The van der Waals surface area contributed by atoms with E-state index in [2.05, 4.69) is 20.8 Å². The quantitative estimate of drug-likeness (QED) is 0.590. The summed E-state index contributed by atoms with van der Waals surface area (Å²) in [4.78, 5) is 22.0. The highest BCUT2D eigenvalue weighted by molar-refractivity contribution is 6.00. The Bertz CT molecular complexity index is 923. The van der Waals surface area contributed by atoms with Crippen molar-refractivity contribution in [3.8, 4) is 11.1 Å². The fraction of sp³-hybridized carbons (Fsp3) is 0.0625. The van der Waals surface area contributed by atoms with Gasteiger partial charge in [0.2, 0.25) is 0 Å². The molecule has 1 heterocycles. The predicted octanol–water partition coefficient (Wildman–Crippen LogP) is 2.58. The zero-order valence-corrected chi connectivity index (χ0v) is 12.3. The molecule has 0 radical (unpaired) electrons. The van der Waals surface area contributed by atoms with Crippen molar-refractivity contribution in [3.05, 3.63) is 48.3 Å². The Labute approximate surface area is 135 Å². The maximum Gasteiger partial charge on any atom is 0.323 e. The number of rotatable bonds is 4. The first-order chi connectivity index (χ1) is 11.5. The Kier molecular flexibility index (Phi) is 4.11. The summed E-state index contributed by atoms with van der Waals surface area (Å²) >= 11 is 0. The minimum atomic E-state index is -1.14. The van der Waals surface area contributed by atoms with Crippen LogP contribution in [0.25, 0.3) is 22.0 Å². The number of fused-ring (bicyclic) bond motifs is 1. The number of benzene rings is 2. The molecule has 0 unspecified atom stereocenters. The van der Waals surface area contributed by atoms with E-state index < -0.39 is 18.5 Å². The molecule has 7 nitrogen and oxygen atoms in total. The van der Waals surface area contributed by atoms with Gasteiger partial charge < -0.3 is 10.4 Å². The number of carbonyl (C=O) groups is 2. The van der Waals surface area contributed by atoms with Crippen LogP contribution in [0.3, 0.4) is 0 Å². The van der Waals surface area contributed by atoms with Crippen LogP contribution in [0.5, 0.6) is 0 Å². The number of aromatic amines is 1. The van der Waals surface area contributed by atoms with Crippen molar-refractivity contribution in [1.82, 2.24) is 15.5 Å². The molecule has 0 aliphatic rings. The fourth-order valence-corrected chi connectivity index (χ4v) is 2.27. The summed E-state index contributed by atoms with van der Waals surface area (Å²) in [5.74, 6) is -1.19. The molecule has 8 heteroatoms. The van der Waals surface area contributed by atoms with E-state index in [4.69, 9.17) is 5.11 Å². The highest BCUT2D eigenvalue weighted by Gasteiger charge is 2.11. The number of hydrogen-bond donors (Lipinski definition) is 4. The number of carboxylic acid groups (broad SMARTS) is 1. The third kappa shape index (κ3) is 3.32. The van der Waals surface area contributed by atoms with Gasteiger partial charge in [-0.25, -0.2) is 9.18 Å². The normalized spacial score (nSPS) is 10.5. The molecule has 3 rings (SSSR count). The Morgan fingerprint density at radius 1 is 1.17 bits per heavy atom. The lowest BCUT2D eigenvalue weighted by Crippen LogP contribution is -2.33. The van der Waals surface area contributed by atoms with Gasteiger partial charge in [0.25, 0.3) is 0 Å². The van der Waals surface area contributed by atoms with Crippen molar-refractivity contribution >= 4 is 28.7 Å². The Morgan fingerprint density at radius 2 is 1.96 bits per heavy atom. The first-order valence-corrected chi connectivity index (χ1v) is 7.03. The Morgan fingerprint density at radius 3 is 2.71 bits per heavy atom. The summed E-state index contributed by atoms with van der Waals surface area (Å²) in [5, 5.41) is 20.6. The number of carbonyl (C=O) groups excluding carboxylic acids is 1. The van der Waals surface area contributed by atoms with Crippen LogP contribution in [0, 0.1) is 5.82 Å². The molecule has 0 saturated carbocycles. The number of H-pyrrole nitrogens is 1. The predicted molar refractivity (Wildman–Crippen MR) is 86.1 cm³/mol. The summed E-state index contributed by atoms with van der Waals surface area (Å²) in [6.07, 6.45) is 0. The highest BCUT2D eigenvalue weighted by Crippen LogP contribution is 2.27. The molecule has 2 amide bonds. The number of anilines is 1. The average molecular weight is 328 g/mol. The largest absolute Gasteiger partial charge is 0.480 e. The summed E-state index contributed by atoms with van der Waals surface area (Å²) in [5.41, 5.74) is 2.18. The van der Waals surface area contributed by atoms with Crippen LogP contribution in [0.15, 0.2) is 42.5 Å². The molecule has 0 bridgehead atoms. The van der Waals surface area contributed by atoms with Crippen LogP contribution >= 0.6 is 0 Å². The van der Waals surface area contributed by atoms with E-state index in [0.717, 1.165) is 11.1 Å². The van der Waals surface area contributed by atoms with Gasteiger partial charge in [-0.2, -0.15) is 5.10 Å². The van der Waals surface area contributed by atoms with E-state index in [1.807, 2.05) is 0 Å². The van der Waals surface area contributed by atoms with Crippen molar-refractivity contribution in [2.24, 2.45) is 0 Å². The van der Waals surface area contributed by atoms with Gasteiger partial charge in [-0.3, -0.25) is 15.2 Å². The fourth-order valence-electron chi connectivity index (χ4n) is 2.27.